The topological polar surface area (TPSA) is 44.8 Å². The van der Waals surface area contributed by atoms with E-state index >= 15 is 0 Å². The second-order valence-corrected chi connectivity index (χ2v) is 3.57. The van der Waals surface area contributed by atoms with Gasteiger partial charge in [0.2, 0.25) is 0 Å². The number of esters is 1. The van der Waals surface area contributed by atoms with Gasteiger partial charge in [0, 0.05) is 7.11 Å². The third-order valence-electron chi connectivity index (χ3n) is 1.93. The highest BCUT2D eigenvalue weighted by atomic mass is 16.6. The summed E-state index contributed by atoms with van der Waals surface area (Å²) < 4.78 is 15.0. The lowest BCUT2D eigenvalue weighted by molar-refractivity contribution is -0.149. The van der Waals surface area contributed by atoms with Gasteiger partial charge in [-0.3, -0.25) is 0 Å². The molecule has 14 heavy (non-hydrogen) atoms. The molecule has 0 unspecified atom stereocenters. The van der Waals surface area contributed by atoms with Gasteiger partial charge >= 0.3 is 5.97 Å². The van der Waals surface area contributed by atoms with Crippen molar-refractivity contribution < 1.29 is 19.0 Å². The molecule has 0 amide bonds. The van der Waals surface area contributed by atoms with Gasteiger partial charge in [-0.1, -0.05) is 0 Å². The molecule has 0 radical (unpaired) electrons. The Hall–Kier alpha value is -0.610. The Morgan fingerprint density at radius 3 is 2.50 bits per heavy atom. The second kappa shape index (κ2) is 6.79. The molecule has 4 heteroatoms. The maximum absolute atomic E-state index is 10.9. The van der Waals surface area contributed by atoms with Crippen molar-refractivity contribution in [2.24, 2.45) is 0 Å². The molecule has 0 saturated heterocycles. The smallest absolute Gasteiger partial charge is 0.332 e. The maximum atomic E-state index is 10.9. The molecule has 0 aliphatic rings. The van der Waals surface area contributed by atoms with Crippen LogP contribution in [0.3, 0.4) is 0 Å². The lowest BCUT2D eigenvalue weighted by atomic mass is 10.1. The summed E-state index contributed by atoms with van der Waals surface area (Å²) in [7, 11) is 1.66. The molecule has 0 aliphatic heterocycles. The predicted octanol–water partition coefficient (Wildman–Crippen LogP) is 1.38. The second-order valence-electron chi connectivity index (χ2n) is 3.57. The first kappa shape index (κ1) is 13.4. The lowest BCUT2D eigenvalue weighted by Crippen LogP contribution is -2.25. The summed E-state index contributed by atoms with van der Waals surface area (Å²) in [4.78, 5) is 10.9. The average molecular weight is 204 g/mol. The molecule has 0 aromatic rings. The number of carbonyl (C=O) groups excluding carboxylic acids is 1. The largest absolute Gasteiger partial charge is 0.464 e. The van der Waals surface area contributed by atoms with Crippen LogP contribution in [0.4, 0.5) is 0 Å². The quantitative estimate of drug-likeness (QED) is 0.464. The summed E-state index contributed by atoms with van der Waals surface area (Å²) in [5, 5.41) is 0. The Morgan fingerprint density at radius 1 is 1.36 bits per heavy atom. The molecular formula is C10H20O4. The summed E-state index contributed by atoms with van der Waals surface area (Å²) in [6.45, 7) is 6.63. The highest BCUT2D eigenvalue weighted by molar-refractivity contribution is 5.70. The first-order valence-electron chi connectivity index (χ1n) is 4.80. The fourth-order valence-corrected chi connectivity index (χ4v) is 0.778. The van der Waals surface area contributed by atoms with Gasteiger partial charge in [0.1, 0.15) is 6.61 Å². The summed E-state index contributed by atoms with van der Waals surface area (Å²) in [6.07, 6.45) is 0.753. The molecule has 0 rings (SSSR count). The van der Waals surface area contributed by atoms with Gasteiger partial charge in [-0.15, -0.1) is 0 Å². The number of ether oxygens (including phenoxy) is 3. The van der Waals surface area contributed by atoms with E-state index in [1.165, 1.54) is 0 Å². The van der Waals surface area contributed by atoms with E-state index in [1.54, 1.807) is 14.0 Å². The zero-order chi connectivity index (χ0) is 11.0. The molecule has 0 saturated carbocycles. The van der Waals surface area contributed by atoms with E-state index in [1.807, 2.05) is 13.8 Å². The summed E-state index contributed by atoms with van der Waals surface area (Å²) in [5.41, 5.74) is -0.200. The van der Waals surface area contributed by atoms with E-state index in [2.05, 4.69) is 0 Å². The molecule has 0 heterocycles. The van der Waals surface area contributed by atoms with Crippen molar-refractivity contribution in [1.82, 2.24) is 0 Å². The Balaban J connectivity index is 3.42. The highest BCUT2D eigenvalue weighted by Crippen LogP contribution is 2.12. The van der Waals surface area contributed by atoms with Gasteiger partial charge in [0.25, 0.3) is 0 Å². The molecule has 0 atom stereocenters. The van der Waals surface area contributed by atoms with Crippen LogP contribution in [0.2, 0.25) is 0 Å². The van der Waals surface area contributed by atoms with E-state index in [0.29, 0.717) is 13.2 Å². The molecule has 0 aromatic heterocycles. The third-order valence-corrected chi connectivity index (χ3v) is 1.93. The van der Waals surface area contributed by atoms with Crippen molar-refractivity contribution in [2.75, 3.05) is 26.9 Å². The van der Waals surface area contributed by atoms with Crippen LogP contribution in [-0.2, 0) is 19.0 Å². The summed E-state index contributed by atoms with van der Waals surface area (Å²) >= 11 is 0. The van der Waals surface area contributed by atoms with Crippen molar-refractivity contribution in [1.29, 1.82) is 0 Å². The number of hydrogen-bond donors (Lipinski definition) is 0. The highest BCUT2D eigenvalue weighted by Gasteiger charge is 2.15. The van der Waals surface area contributed by atoms with E-state index in [-0.39, 0.29) is 18.2 Å². The first-order valence-corrected chi connectivity index (χ1v) is 4.80. The van der Waals surface area contributed by atoms with Crippen LogP contribution >= 0.6 is 0 Å². The van der Waals surface area contributed by atoms with Gasteiger partial charge in [0.05, 0.1) is 18.8 Å². The fourth-order valence-electron chi connectivity index (χ4n) is 0.778. The van der Waals surface area contributed by atoms with Crippen LogP contribution in [0.25, 0.3) is 0 Å². The van der Waals surface area contributed by atoms with E-state index < -0.39 is 0 Å². The Bertz CT molecular complexity index is 166. The van der Waals surface area contributed by atoms with Gasteiger partial charge in [0.15, 0.2) is 0 Å². The van der Waals surface area contributed by atoms with Crippen LogP contribution < -0.4 is 0 Å². The minimum Gasteiger partial charge on any atom is -0.464 e. The van der Waals surface area contributed by atoms with E-state index in [9.17, 15) is 4.79 Å². The summed E-state index contributed by atoms with van der Waals surface area (Å²) in [5.74, 6) is -0.317. The molecule has 0 N–H and O–H groups in total. The SMILES string of the molecule is CCOC(=O)COCCC(C)(C)OC. The number of methoxy groups -OCH3 is 1. The van der Waals surface area contributed by atoms with Crippen LogP contribution in [0, 0.1) is 0 Å². The molecule has 0 spiro atoms. The molecule has 0 aliphatic carbocycles. The van der Waals surface area contributed by atoms with Gasteiger partial charge < -0.3 is 14.2 Å². The van der Waals surface area contributed by atoms with Gasteiger partial charge in [-0.2, -0.15) is 0 Å². The number of hydrogen-bond acceptors (Lipinski definition) is 4. The minimum absolute atomic E-state index is 0.0215. The monoisotopic (exact) mass is 204 g/mol. The summed E-state index contributed by atoms with van der Waals surface area (Å²) in [6, 6.07) is 0. The Morgan fingerprint density at radius 2 is 2.00 bits per heavy atom. The van der Waals surface area contributed by atoms with Crippen molar-refractivity contribution in [3.05, 3.63) is 0 Å². The lowest BCUT2D eigenvalue weighted by Gasteiger charge is -2.22. The third kappa shape index (κ3) is 6.86. The van der Waals surface area contributed by atoms with Crippen molar-refractivity contribution in [2.45, 2.75) is 32.8 Å². The van der Waals surface area contributed by atoms with Crippen LogP contribution in [0.15, 0.2) is 0 Å². The fraction of sp³-hybridized carbons (Fsp3) is 0.900. The van der Waals surface area contributed by atoms with Crippen molar-refractivity contribution >= 4 is 5.97 Å². The van der Waals surface area contributed by atoms with Crippen LogP contribution in [-0.4, -0.2) is 38.5 Å². The van der Waals surface area contributed by atoms with Gasteiger partial charge in [-0.25, -0.2) is 4.79 Å². The first-order chi connectivity index (χ1) is 6.52. The van der Waals surface area contributed by atoms with Crippen molar-refractivity contribution in [3.8, 4) is 0 Å². The Labute approximate surface area is 85.5 Å². The average Bonchev–Trinajstić information content (AvgIpc) is 2.13. The molecular weight excluding hydrogens is 184 g/mol. The minimum atomic E-state index is -0.317. The van der Waals surface area contributed by atoms with E-state index in [0.717, 1.165) is 6.42 Å². The molecule has 0 aromatic carbocycles. The molecule has 0 fully saturated rings. The standard InChI is InChI=1S/C10H20O4/c1-5-14-9(11)8-13-7-6-10(2,3)12-4/h5-8H2,1-4H3. The molecule has 84 valence electrons. The molecule has 4 nitrogen and oxygen atoms in total. The molecule has 0 bridgehead atoms. The van der Waals surface area contributed by atoms with Gasteiger partial charge in [-0.05, 0) is 27.2 Å². The zero-order valence-electron chi connectivity index (χ0n) is 9.46. The number of rotatable bonds is 7. The van der Waals surface area contributed by atoms with Crippen LogP contribution in [0.5, 0.6) is 0 Å². The Kier molecular flexibility index (Phi) is 6.49. The zero-order valence-corrected chi connectivity index (χ0v) is 9.46. The van der Waals surface area contributed by atoms with Crippen LogP contribution in [0.1, 0.15) is 27.2 Å². The van der Waals surface area contributed by atoms with E-state index in [4.69, 9.17) is 14.2 Å². The normalized spacial score (nSPS) is 11.4. The van der Waals surface area contributed by atoms with Crippen molar-refractivity contribution in [3.63, 3.8) is 0 Å². The predicted molar refractivity (Wildman–Crippen MR) is 53.2 cm³/mol. The maximum Gasteiger partial charge on any atom is 0.332 e. The number of carbonyl (C=O) groups is 1.